The van der Waals surface area contributed by atoms with Crippen LogP contribution in [0.4, 0.5) is 0 Å². The second kappa shape index (κ2) is 12.5. The number of benzene rings is 3. The number of hydrogen-bond acceptors (Lipinski definition) is 3. The average Bonchev–Trinajstić information content (AvgIpc) is 3.43. The van der Waals surface area contributed by atoms with Gasteiger partial charge in [0, 0.05) is 42.2 Å². The molecule has 2 amide bonds. The summed E-state index contributed by atoms with van der Waals surface area (Å²) in [6.45, 7) is 11.3. The van der Waals surface area contributed by atoms with Crippen molar-refractivity contribution >= 4 is 22.7 Å². The lowest BCUT2D eigenvalue weighted by molar-refractivity contribution is -0.127. The van der Waals surface area contributed by atoms with Gasteiger partial charge in [-0.1, -0.05) is 86.5 Å². The standard InChI is InChI=1S/C36H43N3O3/c1-7-25(5)32(35(40)37-21-12-22-42-23(2)3)39-34(27-13-8-9-14-28(27)36(39)41)31-29-15-10-11-16-30(29)38(6)33(31)26-19-17-24(4)18-20-26/h8-11,13-20,23,25,32,34H,7,12,21-22H2,1-6H3,(H,37,40). The molecule has 6 nitrogen and oxygen atoms in total. The molecule has 0 saturated heterocycles. The molecule has 1 N–H and O–H groups in total. The van der Waals surface area contributed by atoms with Crippen molar-refractivity contribution in [3.63, 3.8) is 0 Å². The molecule has 5 rings (SSSR count). The van der Waals surface area contributed by atoms with Gasteiger partial charge in [0.05, 0.1) is 17.8 Å². The summed E-state index contributed by atoms with van der Waals surface area (Å²) in [7, 11) is 2.09. The highest BCUT2D eigenvalue weighted by Gasteiger charge is 2.47. The summed E-state index contributed by atoms with van der Waals surface area (Å²) in [6.07, 6.45) is 1.63. The first-order valence-corrected chi connectivity index (χ1v) is 15.2. The van der Waals surface area contributed by atoms with Crippen LogP contribution >= 0.6 is 0 Å². The maximum absolute atomic E-state index is 14.4. The Kier molecular flexibility index (Phi) is 8.83. The number of nitrogens with zero attached hydrogens (tertiary/aromatic N) is 2. The van der Waals surface area contributed by atoms with Crippen LogP contribution in [0.2, 0.25) is 0 Å². The van der Waals surface area contributed by atoms with Crippen LogP contribution in [0.3, 0.4) is 0 Å². The van der Waals surface area contributed by atoms with E-state index in [0.717, 1.165) is 46.1 Å². The third kappa shape index (κ3) is 5.48. The van der Waals surface area contributed by atoms with Gasteiger partial charge in [-0.3, -0.25) is 9.59 Å². The SMILES string of the molecule is CCC(C)C(C(=O)NCCCOC(C)C)N1C(=O)c2ccccc2C1c1c(-c2ccc(C)cc2)n(C)c2ccccc12. The number of para-hydroxylation sites is 1. The fraction of sp³-hybridized carbons (Fsp3) is 0.389. The van der Waals surface area contributed by atoms with E-state index in [1.54, 1.807) is 0 Å². The summed E-state index contributed by atoms with van der Waals surface area (Å²) < 4.78 is 7.90. The first kappa shape index (κ1) is 29.6. The van der Waals surface area contributed by atoms with E-state index in [4.69, 9.17) is 4.74 Å². The molecule has 220 valence electrons. The Morgan fingerprint density at radius 1 is 0.976 bits per heavy atom. The van der Waals surface area contributed by atoms with E-state index in [1.807, 2.05) is 43.0 Å². The maximum atomic E-state index is 14.4. The quantitative estimate of drug-likeness (QED) is 0.198. The Bertz CT molecular complexity index is 1570. The molecule has 0 spiro atoms. The smallest absolute Gasteiger partial charge is 0.255 e. The minimum absolute atomic E-state index is 0.0459. The fourth-order valence-electron chi connectivity index (χ4n) is 6.27. The van der Waals surface area contributed by atoms with E-state index in [1.165, 1.54) is 5.56 Å². The largest absolute Gasteiger partial charge is 0.379 e. The number of ether oxygens (including phenoxy) is 1. The minimum Gasteiger partial charge on any atom is -0.379 e. The Labute approximate surface area is 249 Å². The molecular formula is C36H43N3O3. The van der Waals surface area contributed by atoms with Crippen molar-refractivity contribution in [1.82, 2.24) is 14.8 Å². The van der Waals surface area contributed by atoms with E-state index >= 15 is 0 Å². The topological polar surface area (TPSA) is 63.6 Å². The highest BCUT2D eigenvalue weighted by molar-refractivity contribution is 6.04. The summed E-state index contributed by atoms with van der Waals surface area (Å²) in [5, 5.41) is 4.23. The molecule has 42 heavy (non-hydrogen) atoms. The number of aromatic nitrogens is 1. The molecule has 3 aromatic carbocycles. The van der Waals surface area contributed by atoms with Crippen molar-refractivity contribution in [2.75, 3.05) is 13.2 Å². The van der Waals surface area contributed by atoms with Crippen molar-refractivity contribution in [2.45, 2.75) is 65.6 Å². The van der Waals surface area contributed by atoms with Crippen LogP contribution in [0, 0.1) is 12.8 Å². The molecule has 6 heteroatoms. The molecule has 1 aliphatic rings. The molecule has 1 aromatic heterocycles. The zero-order valence-electron chi connectivity index (χ0n) is 25.7. The summed E-state index contributed by atoms with van der Waals surface area (Å²) in [4.78, 5) is 30.2. The molecule has 0 radical (unpaired) electrons. The summed E-state index contributed by atoms with van der Waals surface area (Å²) in [6, 6.07) is 23.7. The Balaban J connectivity index is 1.66. The first-order valence-electron chi connectivity index (χ1n) is 15.2. The van der Waals surface area contributed by atoms with Crippen LogP contribution in [-0.2, 0) is 16.6 Å². The monoisotopic (exact) mass is 565 g/mol. The van der Waals surface area contributed by atoms with Crippen LogP contribution < -0.4 is 5.32 Å². The number of carbonyl (C=O) groups is 2. The van der Waals surface area contributed by atoms with Crippen LogP contribution in [0.15, 0.2) is 72.8 Å². The van der Waals surface area contributed by atoms with Crippen LogP contribution in [0.25, 0.3) is 22.2 Å². The van der Waals surface area contributed by atoms with Crippen molar-refractivity contribution < 1.29 is 14.3 Å². The third-order valence-electron chi connectivity index (χ3n) is 8.57. The van der Waals surface area contributed by atoms with Gasteiger partial charge in [0.25, 0.3) is 5.91 Å². The summed E-state index contributed by atoms with van der Waals surface area (Å²) in [5.74, 6) is -0.255. The second-order valence-corrected chi connectivity index (χ2v) is 11.8. The molecule has 0 bridgehead atoms. The molecule has 2 heterocycles. The molecule has 0 fully saturated rings. The normalized spacial score (nSPS) is 16.2. The number of nitrogens with one attached hydrogen (secondary N) is 1. The van der Waals surface area contributed by atoms with Crippen LogP contribution in [0.1, 0.15) is 73.6 Å². The lowest BCUT2D eigenvalue weighted by Gasteiger charge is -2.36. The second-order valence-electron chi connectivity index (χ2n) is 11.8. The van der Waals surface area contributed by atoms with Crippen molar-refractivity contribution in [2.24, 2.45) is 13.0 Å². The van der Waals surface area contributed by atoms with E-state index in [9.17, 15) is 9.59 Å². The lowest BCUT2D eigenvalue weighted by atomic mass is 9.90. The van der Waals surface area contributed by atoms with E-state index in [-0.39, 0.29) is 23.8 Å². The number of carbonyl (C=O) groups excluding carboxylic acids is 2. The molecule has 3 unspecified atom stereocenters. The van der Waals surface area contributed by atoms with E-state index in [0.29, 0.717) is 18.7 Å². The van der Waals surface area contributed by atoms with Crippen LogP contribution in [0.5, 0.6) is 0 Å². The van der Waals surface area contributed by atoms with Gasteiger partial charge in [-0.25, -0.2) is 0 Å². The number of fused-ring (bicyclic) bond motifs is 2. The van der Waals surface area contributed by atoms with Crippen molar-refractivity contribution in [1.29, 1.82) is 0 Å². The Morgan fingerprint density at radius 2 is 1.67 bits per heavy atom. The van der Waals surface area contributed by atoms with E-state index in [2.05, 4.69) is 86.2 Å². The predicted molar refractivity (Wildman–Crippen MR) is 170 cm³/mol. The van der Waals surface area contributed by atoms with Gasteiger partial charge in [-0.15, -0.1) is 0 Å². The zero-order chi connectivity index (χ0) is 30.0. The molecule has 4 aromatic rings. The van der Waals surface area contributed by atoms with Crippen molar-refractivity contribution in [3.05, 3.63) is 95.1 Å². The average molecular weight is 566 g/mol. The highest BCUT2D eigenvalue weighted by Crippen LogP contribution is 2.48. The highest BCUT2D eigenvalue weighted by atomic mass is 16.5. The Hall–Kier alpha value is -3.90. The third-order valence-corrected chi connectivity index (χ3v) is 8.57. The maximum Gasteiger partial charge on any atom is 0.255 e. The van der Waals surface area contributed by atoms with Gasteiger partial charge in [0.2, 0.25) is 5.91 Å². The van der Waals surface area contributed by atoms with Gasteiger partial charge in [0.1, 0.15) is 6.04 Å². The van der Waals surface area contributed by atoms with Gasteiger partial charge >= 0.3 is 0 Å². The molecule has 3 atom stereocenters. The van der Waals surface area contributed by atoms with Gasteiger partial charge in [0.15, 0.2) is 0 Å². The summed E-state index contributed by atoms with van der Waals surface area (Å²) in [5.41, 5.74) is 7.09. The van der Waals surface area contributed by atoms with Crippen LogP contribution in [-0.4, -0.2) is 46.6 Å². The predicted octanol–water partition coefficient (Wildman–Crippen LogP) is 7.04. The summed E-state index contributed by atoms with van der Waals surface area (Å²) >= 11 is 0. The lowest BCUT2D eigenvalue weighted by Crippen LogP contribution is -2.52. The zero-order valence-corrected chi connectivity index (χ0v) is 25.7. The molecule has 0 aliphatic carbocycles. The molecular weight excluding hydrogens is 522 g/mol. The van der Waals surface area contributed by atoms with E-state index < -0.39 is 12.1 Å². The minimum atomic E-state index is -0.629. The van der Waals surface area contributed by atoms with Gasteiger partial charge in [-0.05, 0) is 56.4 Å². The Morgan fingerprint density at radius 3 is 2.38 bits per heavy atom. The number of aryl methyl sites for hydroxylation is 2. The first-order chi connectivity index (χ1) is 20.2. The van der Waals surface area contributed by atoms with Gasteiger partial charge < -0.3 is 19.5 Å². The number of rotatable bonds is 11. The van der Waals surface area contributed by atoms with Crippen molar-refractivity contribution in [3.8, 4) is 11.3 Å². The molecule has 0 saturated carbocycles. The molecule has 1 aliphatic heterocycles. The number of amides is 2. The van der Waals surface area contributed by atoms with Gasteiger partial charge in [-0.2, -0.15) is 0 Å². The number of hydrogen-bond donors (Lipinski definition) is 1. The fourth-order valence-corrected chi connectivity index (χ4v) is 6.27.